The highest BCUT2D eigenvalue weighted by Gasteiger charge is 2.17. The summed E-state index contributed by atoms with van der Waals surface area (Å²) in [6.45, 7) is 0.810. The fourth-order valence-corrected chi connectivity index (χ4v) is 3.25. The van der Waals surface area contributed by atoms with Gasteiger partial charge in [0.1, 0.15) is 11.4 Å². The van der Waals surface area contributed by atoms with Crippen molar-refractivity contribution in [3.05, 3.63) is 109 Å². The van der Waals surface area contributed by atoms with Crippen molar-refractivity contribution in [3.63, 3.8) is 0 Å². The highest BCUT2D eigenvalue weighted by molar-refractivity contribution is 5.58. The summed E-state index contributed by atoms with van der Waals surface area (Å²) in [7, 11) is 0. The summed E-state index contributed by atoms with van der Waals surface area (Å²) in [5, 5.41) is 4.73. The molecule has 0 radical (unpaired) electrons. The first-order valence-corrected chi connectivity index (χ1v) is 9.70. The molecule has 152 valence electrons. The first-order chi connectivity index (χ1) is 14.9. The summed E-state index contributed by atoms with van der Waals surface area (Å²) in [5.41, 5.74) is 3.65. The molecule has 0 bridgehead atoms. The van der Waals surface area contributed by atoms with Gasteiger partial charge in [-0.3, -0.25) is 9.97 Å². The number of aromatic nitrogens is 6. The normalized spacial score (nSPS) is 10.5. The Hall–Kier alpha value is -3.71. The van der Waals surface area contributed by atoms with Crippen LogP contribution >= 0.6 is 0 Å². The molecule has 0 spiro atoms. The fourth-order valence-electron chi connectivity index (χ4n) is 3.25. The maximum atomic E-state index is 4.74. The molecule has 4 aromatic heterocycles. The average molecular weight is 471 g/mol. The standard InChI is InChI=1S/C24H19N6.BrH/c1-2-8-19(9-3-1)18-29-16-12-20(13-17-29)30-24(22-11-5-7-15-26-22)27-23(28-30)21-10-4-6-14-25-21;/h1-17H,18H2;1H/q+1;/p-1. The van der Waals surface area contributed by atoms with Crippen molar-refractivity contribution >= 4 is 0 Å². The molecule has 0 aliphatic rings. The maximum absolute atomic E-state index is 4.74. The van der Waals surface area contributed by atoms with Gasteiger partial charge in [0.2, 0.25) is 5.82 Å². The van der Waals surface area contributed by atoms with Crippen LogP contribution in [-0.2, 0) is 6.54 Å². The molecule has 0 aliphatic carbocycles. The van der Waals surface area contributed by atoms with Crippen molar-refractivity contribution in [3.8, 4) is 28.7 Å². The van der Waals surface area contributed by atoms with Crippen LogP contribution in [0.1, 0.15) is 5.56 Å². The van der Waals surface area contributed by atoms with Crippen LogP contribution in [0.25, 0.3) is 28.7 Å². The lowest BCUT2D eigenvalue weighted by Crippen LogP contribution is -3.00. The van der Waals surface area contributed by atoms with Gasteiger partial charge >= 0.3 is 0 Å². The minimum absolute atomic E-state index is 0. The van der Waals surface area contributed by atoms with Crippen molar-refractivity contribution in [2.24, 2.45) is 0 Å². The van der Waals surface area contributed by atoms with Gasteiger partial charge < -0.3 is 17.0 Å². The predicted octanol–water partition coefficient (Wildman–Crippen LogP) is 0.731. The second kappa shape index (κ2) is 9.40. The Balaban J connectivity index is 0.00000231. The molecule has 0 atom stereocenters. The van der Waals surface area contributed by atoms with Crippen molar-refractivity contribution in [1.29, 1.82) is 0 Å². The lowest BCUT2D eigenvalue weighted by molar-refractivity contribution is -0.688. The van der Waals surface area contributed by atoms with Crippen LogP contribution in [0.15, 0.2) is 104 Å². The topological polar surface area (TPSA) is 60.4 Å². The van der Waals surface area contributed by atoms with Gasteiger partial charge in [-0.15, -0.1) is 5.10 Å². The van der Waals surface area contributed by atoms with Gasteiger partial charge in [-0.2, -0.15) is 0 Å². The molecule has 4 heterocycles. The predicted molar refractivity (Wildman–Crippen MR) is 114 cm³/mol. The van der Waals surface area contributed by atoms with Gasteiger partial charge in [0.05, 0.1) is 5.69 Å². The minimum Gasteiger partial charge on any atom is -1.00 e. The van der Waals surface area contributed by atoms with E-state index in [2.05, 4.69) is 38.8 Å². The Kier molecular flexibility index (Phi) is 6.24. The van der Waals surface area contributed by atoms with Crippen molar-refractivity contribution in [2.75, 3.05) is 0 Å². The Labute approximate surface area is 190 Å². The van der Waals surface area contributed by atoms with Crippen LogP contribution in [-0.4, -0.2) is 24.7 Å². The number of halogens is 1. The molecular formula is C24H19BrN6. The molecular weight excluding hydrogens is 452 g/mol. The van der Waals surface area contributed by atoms with Gasteiger partial charge in [-0.25, -0.2) is 14.2 Å². The number of nitrogens with zero attached hydrogens (tertiary/aromatic N) is 6. The van der Waals surface area contributed by atoms with E-state index in [1.54, 1.807) is 12.4 Å². The Morgan fingerprint density at radius 1 is 0.710 bits per heavy atom. The van der Waals surface area contributed by atoms with Gasteiger partial charge in [-0.05, 0) is 24.3 Å². The van der Waals surface area contributed by atoms with Gasteiger partial charge in [0.25, 0.3) is 0 Å². The number of hydrogen-bond acceptors (Lipinski definition) is 4. The molecule has 0 N–H and O–H groups in total. The minimum atomic E-state index is 0. The van der Waals surface area contributed by atoms with Gasteiger partial charge in [0.15, 0.2) is 24.8 Å². The Bertz CT molecular complexity index is 1240. The number of rotatable bonds is 5. The third-order valence-corrected chi connectivity index (χ3v) is 4.72. The van der Waals surface area contributed by atoms with E-state index in [0.717, 1.165) is 23.6 Å². The van der Waals surface area contributed by atoms with Crippen LogP contribution in [0.5, 0.6) is 0 Å². The quantitative estimate of drug-likeness (QED) is 0.355. The fraction of sp³-hybridized carbons (Fsp3) is 0.0417. The second-order valence-electron chi connectivity index (χ2n) is 6.82. The van der Waals surface area contributed by atoms with Crippen LogP contribution in [0, 0.1) is 0 Å². The smallest absolute Gasteiger partial charge is 0.200 e. The summed E-state index contributed by atoms with van der Waals surface area (Å²) in [6.07, 6.45) is 7.60. The average Bonchev–Trinajstić information content (AvgIpc) is 3.27. The summed E-state index contributed by atoms with van der Waals surface area (Å²) in [4.78, 5) is 13.6. The summed E-state index contributed by atoms with van der Waals surface area (Å²) in [6, 6.07) is 25.9. The molecule has 5 aromatic rings. The Morgan fingerprint density at radius 2 is 1.35 bits per heavy atom. The van der Waals surface area contributed by atoms with E-state index in [9.17, 15) is 0 Å². The lowest BCUT2D eigenvalue weighted by Gasteiger charge is -2.05. The van der Waals surface area contributed by atoms with Crippen molar-refractivity contribution < 1.29 is 21.5 Å². The molecule has 7 heteroatoms. The van der Waals surface area contributed by atoms with Crippen LogP contribution in [0.3, 0.4) is 0 Å². The number of benzene rings is 1. The van der Waals surface area contributed by atoms with E-state index in [4.69, 9.17) is 10.1 Å². The highest BCUT2D eigenvalue weighted by Crippen LogP contribution is 2.22. The first-order valence-electron chi connectivity index (χ1n) is 9.70. The molecule has 0 saturated heterocycles. The summed E-state index contributed by atoms with van der Waals surface area (Å²) < 4.78 is 3.95. The molecule has 0 amide bonds. The van der Waals surface area contributed by atoms with Gasteiger partial charge in [-0.1, -0.05) is 42.5 Å². The molecule has 5 rings (SSSR count). The third-order valence-electron chi connectivity index (χ3n) is 4.72. The molecule has 0 unspecified atom stereocenters. The summed E-state index contributed by atoms with van der Waals surface area (Å²) in [5.74, 6) is 1.24. The van der Waals surface area contributed by atoms with E-state index in [1.165, 1.54) is 5.56 Å². The van der Waals surface area contributed by atoms with Crippen LogP contribution < -0.4 is 21.5 Å². The number of pyridine rings is 3. The molecule has 0 saturated carbocycles. The molecule has 1 aromatic carbocycles. The first kappa shape index (κ1) is 20.6. The van der Waals surface area contributed by atoms with E-state index in [0.29, 0.717) is 11.6 Å². The Morgan fingerprint density at radius 3 is 2.00 bits per heavy atom. The summed E-state index contributed by atoms with van der Waals surface area (Å²) >= 11 is 0. The second-order valence-corrected chi connectivity index (χ2v) is 6.82. The molecule has 0 fully saturated rings. The lowest BCUT2D eigenvalue weighted by atomic mass is 10.2. The maximum Gasteiger partial charge on any atom is 0.200 e. The zero-order valence-corrected chi connectivity index (χ0v) is 18.2. The molecule has 6 nitrogen and oxygen atoms in total. The van der Waals surface area contributed by atoms with Crippen LogP contribution in [0.4, 0.5) is 0 Å². The van der Waals surface area contributed by atoms with E-state index < -0.39 is 0 Å². The van der Waals surface area contributed by atoms with Crippen molar-refractivity contribution in [1.82, 2.24) is 24.7 Å². The number of hydrogen-bond donors (Lipinski definition) is 0. The molecule has 31 heavy (non-hydrogen) atoms. The van der Waals surface area contributed by atoms with Crippen LogP contribution in [0.2, 0.25) is 0 Å². The van der Waals surface area contributed by atoms with E-state index >= 15 is 0 Å². The SMILES string of the molecule is [Br-].c1ccc(C[n+]2ccc(-n3nc(-c4ccccn4)nc3-c3ccccn3)cc2)cc1. The van der Waals surface area contributed by atoms with E-state index in [-0.39, 0.29) is 17.0 Å². The largest absolute Gasteiger partial charge is 1.00 e. The third kappa shape index (κ3) is 4.57. The monoisotopic (exact) mass is 470 g/mol. The molecule has 0 aliphatic heterocycles. The highest BCUT2D eigenvalue weighted by atomic mass is 79.9. The zero-order valence-electron chi connectivity index (χ0n) is 16.6. The zero-order chi connectivity index (χ0) is 20.2. The van der Waals surface area contributed by atoms with Crippen molar-refractivity contribution in [2.45, 2.75) is 6.54 Å². The van der Waals surface area contributed by atoms with E-state index in [1.807, 2.05) is 71.7 Å². The van der Waals surface area contributed by atoms with Gasteiger partial charge in [0, 0.05) is 30.1 Å².